The minimum absolute atomic E-state index is 0.0458. The Bertz CT molecular complexity index is 1720. The molecule has 4 rings (SSSR count). The summed E-state index contributed by atoms with van der Waals surface area (Å²) in [6.07, 6.45) is -1.65. The van der Waals surface area contributed by atoms with Crippen LogP contribution < -0.4 is 16.0 Å². The molecule has 0 aliphatic carbocycles. The lowest BCUT2D eigenvalue weighted by Gasteiger charge is -2.33. The highest BCUT2D eigenvalue weighted by molar-refractivity contribution is 7.92. The van der Waals surface area contributed by atoms with Crippen molar-refractivity contribution in [1.82, 2.24) is 20.9 Å². The molecular weight excluding hydrogens is 637 g/mol. The molecule has 4 aromatic rings. The van der Waals surface area contributed by atoms with Gasteiger partial charge in [0.25, 0.3) is 0 Å². The zero-order valence-corrected chi connectivity index (χ0v) is 29.0. The van der Waals surface area contributed by atoms with Crippen molar-refractivity contribution in [2.45, 2.75) is 76.1 Å². The van der Waals surface area contributed by atoms with Crippen LogP contribution in [0.25, 0.3) is 10.2 Å². The van der Waals surface area contributed by atoms with E-state index in [1.165, 1.54) is 11.3 Å². The van der Waals surface area contributed by atoms with Crippen molar-refractivity contribution >= 4 is 43.4 Å². The molecule has 10 nitrogen and oxygen atoms in total. The third kappa shape index (κ3) is 9.83. The molecule has 0 radical (unpaired) electrons. The average Bonchev–Trinajstić information content (AvgIpc) is 3.51. The van der Waals surface area contributed by atoms with E-state index in [-0.39, 0.29) is 30.4 Å². The molecule has 2 amide bonds. The van der Waals surface area contributed by atoms with E-state index in [1.54, 1.807) is 37.6 Å². The van der Waals surface area contributed by atoms with Crippen molar-refractivity contribution in [1.29, 1.82) is 0 Å². The zero-order chi connectivity index (χ0) is 34.2. The van der Waals surface area contributed by atoms with Crippen LogP contribution in [-0.4, -0.2) is 60.6 Å². The van der Waals surface area contributed by atoms with Crippen molar-refractivity contribution in [3.63, 3.8) is 0 Å². The van der Waals surface area contributed by atoms with E-state index in [1.807, 2.05) is 81.4 Å². The Morgan fingerprint density at radius 3 is 2.19 bits per heavy atom. The minimum Gasteiger partial charge on any atom is -0.445 e. The fourth-order valence-corrected chi connectivity index (χ4v) is 7.87. The van der Waals surface area contributed by atoms with Gasteiger partial charge in [-0.05, 0) is 47.1 Å². The Hall–Kier alpha value is -3.84. The van der Waals surface area contributed by atoms with Gasteiger partial charge in [0.05, 0.1) is 32.8 Å². The summed E-state index contributed by atoms with van der Waals surface area (Å²) in [6.45, 7) is 8.99. The van der Waals surface area contributed by atoms with Crippen LogP contribution in [0.15, 0.2) is 89.3 Å². The van der Waals surface area contributed by atoms with Gasteiger partial charge < -0.3 is 20.5 Å². The molecule has 2 unspecified atom stereocenters. The molecule has 252 valence electrons. The average molecular weight is 681 g/mol. The molecule has 0 saturated carbocycles. The maximum Gasteiger partial charge on any atom is 0.408 e. The van der Waals surface area contributed by atoms with E-state index in [9.17, 15) is 23.1 Å². The van der Waals surface area contributed by atoms with Crippen LogP contribution in [0.5, 0.6) is 0 Å². The molecular formula is C35H44N4O6S2. The summed E-state index contributed by atoms with van der Waals surface area (Å²) in [5.41, 5.74) is 3.37. The number of amides is 2. The largest absolute Gasteiger partial charge is 0.445 e. The van der Waals surface area contributed by atoms with E-state index in [2.05, 4.69) is 20.9 Å². The number of benzene rings is 3. The predicted octanol–water partition coefficient (Wildman–Crippen LogP) is 5.07. The third-order valence-electron chi connectivity index (χ3n) is 7.79. The van der Waals surface area contributed by atoms with Gasteiger partial charge in [0, 0.05) is 6.54 Å². The monoisotopic (exact) mass is 680 g/mol. The molecule has 12 heteroatoms. The quantitative estimate of drug-likeness (QED) is 0.144. The highest BCUT2D eigenvalue weighted by Gasteiger charge is 2.36. The standard InChI is InChI=1S/C35H44N4O6S2/c1-23(2)33(47(43,44)26-16-17-27-30(19-26)46-22-37-27)36-20-29(40)28(18-24-12-8-6-9-13-24)38-32(41)31(35(3,4)5)39-34(42)45-21-25-14-10-7-11-15-25/h6-17,19,22-23,28-29,31,33,36,40H,18,20-21H2,1-5H3,(H,38,41)(H,39,42)/t28?,29-,31-,33?/m1/s1. The van der Waals surface area contributed by atoms with Gasteiger partial charge >= 0.3 is 6.09 Å². The molecule has 0 aliphatic rings. The number of carbonyl (C=O) groups is 2. The Balaban J connectivity index is 1.49. The maximum absolute atomic E-state index is 13.8. The first-order valence-corrected chi connectivity index (χ1v) is 18.0. The summed E-state index contributed by atoms with van der Waals surface area (Å²) in [6, 6.07) is 21.6. The van der Waals surface area contributed by atoms with Crippen molar-refractivity contribution in [2.24, 2.45) is 11.3 Å². The minimum atomic E-state index is -3.84. The van der Waals surface area contributed by atoms with Crippen LogP contribution in [0.2, 0.25) is 0 Å². The molecule has 0 spiro atoms. The molecule has 0 saturated heterocycles. The lowest BCUT2D eigenvalue weighted by atomic mass is 9.85. The Morgan fingerprint density at radius 1 is 0.936 bits per heavy atom. The number of hydrogen-bond donors (Lipinski definition) is 4. The molecule has 1 heterocycles. The number of nitrogens with zero attached hydrogens (tertiary/aromatic N) is 1. The van der Waals surface area contributed by atoms with Crippen molar-refractivity contribution in [3.8, 4) is 0 Å². The fourth-order valence-electron chi connectivity index (χ4n) is 5.22. The van der Waals surface area contributed by atoms with E-state index in [4.69, 9.17) is 4.74 Å². The van der Waals surface area contributed by atoms with E-state index < -0.39 is 50.8 Å². The van der Waals surface area contributed by atoms with E-state index in [0.717, 1.165) is 21.3 Å². The molecule has 1 aromatic heterocycles. The second kappa shape index (κ2) is 15.8. The topological polar surface area (TPSA) is 147 Å². The number of alkyl carbamates (subject to hydrolysis) is 1. The summed E-state index contributed by atoms with van der Waals surface area (Å²) in [5, 5.41) is 19.2. The van der Waals surface area contributed by atoms with Gasteiger partial charge in [-0.15, -0.1) is 11.3 Å². The van der Waals surface area contributed by atoms with Crippen molar-refractivity contribution < 1.29 is 27.9 Å². The maximum atomic E-state index is 13.8. The highest BCUT2D eigenvalue weighted by Crippen LogP contribution is 2.26. The first kappa shape index (κ1) is 36.0. The lowest BCUT2D eigenvalue weighted by Crippen LogP contribution is -2.59. The molecule has 47 heavy (non-hydrogen) atoms. The van der Waals surface area contributed by atoms with Crippen LogP contribution in [0.1, 0.15) is 45.7 Å². The fraction of sp³-hybridized carbons (Fsp3) is 0.400. The second-order valence-electron chi connectivity index (χ2n) is 13.0. The molecule has 4 atom stereocenters. The zero-order valence-electron chi connectivity index (χ0n) is 27.3. The molecule has 4 N–H and O–H groups in total. The third-order valence-corrected chi connectivity index (χ3v) is 10.9. The van der Waals surface area contributed by atoms with Gasteiger partial charge in [0.1, 0.15) is 18.0 Å². The SMILES string of the molecule is CC(C)C(NC[C@@H](O)C(Cc1ccccc1)NC(=O)[C@@H](NC(=O)OCc1ccccc1)C(C)(C)C)S(=O)(=O)c1ccc2ncsc2c1. The van der Waals surface area contributed by atoms with Gasteiger partial charge in [-0.25, -0.2) is 18.2 Å². The van der Waals surface area contributed by atoms with Crippen LogP contribution in [0.3, 0.4) is 0 Å². The highest BCUT2D eigenvalue weighted by atomic mass is 32.2. The van der Waals surface area contributed by atoms with Gasteiger partial charge in [-0.2, -0.15) is 0 Å². The summed E-state index contributed by atoms with van der Waals surface area (Å²) < 4.78 is 33.7. The number of aliphatic hydroxyl groups excluding tert-OH is 1. The van der Waals surface area contributed by atoms with Crippen molar-refractivity contribution in [3.05, 3.63) is 95.5 Å². The number of aliphatic hydroxyl groups is 1. The van der Waals surface area contributed by atoms with Gasteiger partial charge in [0.15, 0.2) is 9.84 Å². The lowest BCUT2D eigenvalue weighted by molar-refractivity contribution is -0.127. The summed E-state index contributed by atoms with van der Waals surface area (Å²) >= 11 is 1.37. The van der Waals surface area contributed by atoms with Crippen molar-refractivity contribution in [2.75, 3.05) is 6.54 Å². The number of hydrogen-bond acceptors (Lipinski definition) is 9. The molecule has 0 bridgehead atoms. The first-order valence-electron chi connectivity index (χ1n) is 15.6. The number of rotatable bonds is 14. The second-order valence-corrected chi connectivity index (χ2v) is 15.9. The molecule has 3 aromatic carbocycles. The number of carbonyl (C=O) groups excluding carboxylic acids is 2. The summed E-state index contributed by atoms with van der Waals surface area (Å²) in [4.78, 5) is 30.9. The number of ether oxygens (including phenoxy) is 1. The Morgan fingerprint density at radius 2 is 1.57 bits per heavy atom. The Kier molecular flexibility index (Phi) is 12.1. The number of sulfone groups is 1. The smallest absolute Gasteiger partial charge is 0.408 e. The van der Waals surface area contributed by atoms with Crippen LogP contribution in [0, 0.1) is 11.3 Å². The van der Waals surface area contributed by atoms with Crippen LogP contribution in [-0.2, 0) is 32.4 Å². The van der Waals surface area contributed by atoms with E-state index in [0.29, 0.717) is 0 Å². The Labute approximate surface area is 280 Å². The summed E-state index contributed by atoms with van der Waals surface area (Å²) in [5.74, 6) is -0.831. The van der Waals surface area contributed by atoms with Gasteiger partial charge in [-0.3, -0.25) is 10.1 Å². The number of aromatic nitrogens is 1. The molecule has 0 fully saturated rings. The number of fused-ring (bicyclic) bond motifs is 1. The van der Waals surface area contributed by atoms with Crippen LogP contribution in [0.4, 0.5) is 4.79 Å². The first-order chi connectivity index (χ1) is 22.3. The normalized spacial score (nSPS) is 14.7. The van der Waals surface area contributed by atoms with E-state index >= 15 is 0 Å². The number of thiazole rings is 1. The van der Waals surface area contributed by atoms with Gasteiger partial charge in [0.2, 0.25) is 5.91 Å². The predicted molar refractivity (Wildman–Crippen MR) is 185 cm³/mol. The summed E-state index contributed by atoms with van der Waals surface area (Å²) in [7, 11) is -3.84. The number of nitrogens with one attached hydrogen (secondary N) is 3. The van der Waals surface area contributed by atoms with Crippen LogP contribution >= 0.6 is 11.3 Å². The molecule has 0 aliphatic heterocycles. The van der Waals surface area contributed by atoms with Gasteiger partial charge in [-0.1, -0.05) is 95.3 Å².